The minimum absolute atomic E-state index is 0. The Hall–Kier alpha value is 0.644. The Morgan fingerprint density at radius 2 is 1.33 bits per heavy atom. The molecule has 0 amide bonds. The van der Waals surface area contributed by atoms with E-state index in [1.165, 1.54) is 0 Å². The van der Waals surface area contributed by atoms with Crippen molar-refractivity contribution in [2.75, 3.05) is 0 Å². The molecule has 0 spiro atoms. The molecule has 0 aromatic heterocycles. The van der Waals surface area contributed by atoms with Gasteiger partial charge in [-0.3, -0.25) is 0 Å². The largest absolute Gasteiger partial charge is 0.470 e. The van der Waals surface area contributed by atoms with Crippen molar-refractivity contribution in [2.45, 2.75) is 41.5 Å². The van der Waals surface area contributed by atoms with Crippen molar-refractivity contribution in [1.29, 1.82) is 0 Å². The second-order valence-electron chi connectivity index (χ2n) is 5.04. The molecule has 2 heteroatoms. The van der Waals surface area contributed by atoms with E-state index >= 15 is 0 Å². The second-order valence-corrected chi connectivity index (χ2v) is 5.04. The molecule has 0 unspecified atom stereocenters. The van der Waals surface area contributed by atoms with Gasteiger partial charge in [0.05, 0.1) is 0 Å². The van der Waals surface area contributed by atoms with Crippen LogP contribution in [-0.2, 0) is 32.7 Å². The summed E-state index contributed by atoms with van der Waals surface area (Å²) < 4.78 is 0. The molecular formula is C10H20NY-. The molecule has 12 heavy (non-hydrogen) atoms. The monoisotopic (exact) mass is 243 g/mol. The predicted molar refractivity (Wildman–Crippen MR) is 49.9 cm³/mol. The van der Waals surface area contributed by atoms with Gasteiger partial charge in [-0.2, -0.15) is 11.1 Å². The first-order chi connectivity index (χ1) is 4.63. The third-order valence-corrected chi connectivity index (χ3v) is 1.32. The van der Waals surface area contributed by atoms with Gasteiger partial charge in [-0.05, 0) is 5.41 Å². The molecule has 1 radical (unpaired) electrons. The van der Waals surface area contributed by atoms with E-state index in [9.17, 15) is 0 Å². The van der Waals surface area contributed by atoms with E-state index in [1.54, 1.807) is 0 Å². The molecule has 0 aliphatic carbocycles. The maximum atomic E-state index is 5.84. The quantitative estimate of drug-likeness (QED) is 0.650. The van der Waals surface area contributed by atoms with Gasteiger partial charge >= 0.3 is 0 Å². The van der Waals surface area contributed by atoms with E-state index in [2.05, 4.69) is 47.6 Å². The molecule has 0 heterocycles. The van der Waals surface area contributed by atoms with Crippen LogP contribution in [0, 0.1) is 16.9 Å². The van der Waals surface area contributed by atoms with Gasteiger partial charge in [0.1, 0.15) is 0 Å². The third kappa shape index (κ3) is 7.30. The van der Waals surface area contributed by atoms with E-state index in [1.807, 2.05) is 0 Å². The van der Waals surface area contributed by atoms with Crippen molar-refractivity contribution in [3.63, 3.8) is 0 Å². The number of rotatable bonds is 0. The van der Waals surface area contributed by atoms with E-state index in [4.69, 9.17) is 5.73 Å². The van der Waals surface area contributed by atoms with Crippen LogP contribution in [0.25, 0.3) is 0 Å². The maximum absolute atomic E-state index is 5.84. The molecule has 0 bridgehead atoms. The summed E-state index contributed by atoms with van der Waals surface area (Å²) in [5.41, 5.74) is 6.81. The van der Waals surface area contributed by atoms with Gasteiger partial charge in [-0.15, -0.1) is 0 Å². The Kier molecular flexibility index (Phi) is 6.00. The minimum Gasteiger partial charge on any atom is -0.470 e. The second kappa shape index (κ2) is 4.76. The molecule has 0 rings (SSSR count). The number of nitrogens with two attached hydrogens (primary N) is 1. The predicted octanol–water partition coefficient (Wildman–Crippen LogP) is 2.72. The average Bonchev–Trinajstić information content (AvgIpc) is 1.56. The normalized spacial score (nSPS) is 14.0. The Labute approximate surface area is 102 Å². The fourth-order valence-corrected chi connectivity index (χ4v) is 0.592. The summed E-state index contributed by atoms with van der Waals surface area (Å²) in [6.45, 7) is 12.6. The van der Waals surface area contributed by atoms with Gasteiger partial charge in [-0.25, -0.2) is 0 Å². The first kappa shape index (κ1) is 15.1. The van der Waals surface area contributed by atoms with Crippen LogP contribution in [0.2, 0.25) is 0 Å². The minimum atomic E-state index is 0. The first-order valence-electron chi connectivity index (χ1n) is 4.04. The smallest absolute Gasteiger partial charge is 0 e. The molecule has 0 saturated carbocycles. The maximum Gasteiger partial charge on any atom is 0 e. The molecule has 0 saturated heterocycles. The molecule has 69 valence electrons. The molecule has 0 aliphatic heterocycles. The van der Waals surface area contributed by atoms with Crippen molar-refractivity contribution < 1.29 is 32.7 Å². The van der Waals surface area contributed by atoms with Gasteiger partial charge in [0.25, 0.3) is 0 Å². The van der Waals surface area contributed by atoms with Crippen molar-refractivity contribution >= 4 is 0 Å². The topological polar surface area (TPSA) is 26.0 Å². The van der Waals surface area contributed by atoms with Crippen LogP contribution in [0.4, 0.5) is 0 Å². The van der Waals surface area contributed by atoms with Crippen molar-refractivity contribution in [2.24, 2.45) is 16.6 Å². The van der Waals surface area contributed by atoms with Crippen LogP contribution < -0.4 is 5.73 Å². The number of hydrogen-bond acceptors (Lipinski definition) is 1. The summed E-state index contributed by atoms with van der Waals surface area (Å²) in [6.07, 6.45) is 3.25. The molecule has 0 aromatic rings. The van der Waals surface area contributed by atoms with Gasteiger partial charge in [0, 0.05) is 32.7 Å². The summed E-state index contributed by atoms with van der Waals surface area (Å²) in [5, 5.41) is 0. The Morgan fingerprint density at radius 1 is 1.00 bits per heavy atom. The van der Waals surface area contributed by atoms with E-state index in [-0.39, 0.29) is 43.5 Å². The van der Waals surface area contributed by atoms with Gasteiger partial charge in [0.15, 0.2) is 0 Å². The van der Waals surface area contributed by atoms with Crippen LogP contribution >= 0.6 is 0 Å². The zero-order chi connectivity index (χ0) is 9.28. The van der Waals surface area contributed by atoms with E-state index in [0.717, 1.165) is 5.70 Å². The number of allylic oxidation sites excluding steroid dienone is 2. The van der Waals surface area contributed by atoms with E-state index in [0.29, 0.717) is 0 Å². The third-order valence-electron chi connectivity index (χ3n) is 1.32. The first-order valence-corrected chi connectivity index (χ1v) is 4.04. The van der Waals surface area contributed by atoms with Crippen LogP contribution in [0.5, 0.6) is 0 Å². The Balaban J connectivity index is 0. The summed E-state index contributed by atoms with van der Waals surface area (Å²) >= 11 is 0. The zero-order valence-electron chi connectivity index (χ0n) is 9.15. The summed E-state index contributed by atoms with van der Waals surface area (Å²) in [5.74, 6) is 0. The summed E-state index contributed by atoms with van der Waals surface area (Å²) in [7, 11) is 0. The van der Waals surface area contributed by atoms with Crippen LogP contribution in [-0.4, -0.2) is 0 Å². The summed E-state index contributed by atoms with van der Waals surface area (Å²) in [6, 6.07) is 0. The fourth-order valence-electron chi connectivity index (χ4n) is 0.592. The summed E-state index contributed by atoms with van der Waals surface area (Å²) in [4.78, 5) is 0. The Morgan fingerprint density at radius 3 is 1.42 bits per heavy atom. The standard InChI is InChI=1S/C10H20N.Y/c1-9(2,3)7-8(11)10(4,5)6;/h11H2,1-6H3;/q-1;. The van der Waals surface area contributed by atoms with Gasteiger partial charge in [0.2, 0.25) is 0 Å². The van der Waals surface area contributed by atoms with Gasteiger partial charge < -0.3 is 11.8 Å². The fraction of sp³-hybridized carbons (Fsp3) is 0.800. The molecule has 0 aromatic carbocycles. The molecule has 2 N–H and O–H groups in total. The molecule has 1 nitrogen and oxygen atoms in total. The van der Waals surface area contributed by atoms with Crippen molar-refractivity contribution in [3.05, 3.63) is 11.8 Å². The zero-order valence-corrected chi connectivity index (χ0v) is 12.0. The van der Waals surface area contributed by atoms with Crippen LogP contribution in [0.3, 0.4) is 0 Å². The number of hydrogen-bond donors (Lipinski definition) is 1. The van der Waals surface area contributed by atoms with Crippen LogP contribution in [0.15, 0.2) is 5.70 Å². The van der Waals surface area contributed by atoms with Crippen LogP contribution in [0.1, 0.15) is 41.5 Å². The van der Waals surface area contributed by atoms with Crippen molar-refractivity contribution in [3.8, 4) is 0 Å². The Bertz CT molecular complexity index is 158. The molecule has 0 aliphatic rings. The SMILES string of the molecule is CC(C)(C)[C-]=C(N)C(C)(C)C.[Y]. The molecule has 0 fully saturated rings. The van der Waals surface area contributed by atoms with Gasteiger partial charge in [-0.1, -0.05) is 41.5 Å². The average molecular weight is 243 g/mol. The molecular weight excluding hydrogens is 223 g/mol. The van der Waals surface area contributed by atoms with E-state index < -0.39 is 0 Å². The van der Waals surface area contributed by atoms with Crippen molar-refractivity contribution in [1.82, 2.24) is 0 Å². The molecule has 0 atom stereocenters.